The summed E-state index contributed by atoms with van der Waals surface area (Å²) in [5.41, 5.74) is 2.96. The minimum Gasteiger partial charge on any atom is -0.275 e. The van der Waals surface area contributed by atoms with Gasteiger partial charge in [-0.3, -0.25) is 9.08 Å². The Kier molecular flexibility index (Phi) is 2.32. The number of rotatable bonds is 1. The van der Waals surface area contributed by atoms with Crippen LogP contribution in [0.25, 0.3) is 16.8 Å². The lowest BCUT2D eigenvalue weighted by Crippen LogP contribution is -1.91. The van der Waals surface area contributed by atoms with Crippen molar-refractivity contribution in [1.29, 1.82) is 5.26 Å². The van der Waals surface area contributed by atoms with Gasteiger partial charge >= 0.3 is 0 Å². The van der Waals surface area contributed by atoms with Gasteiger partial charge in [0.2, 0.25) is 0 Å². The van der Waals surface area contributed by atoms with Crippen molar-refractivity contribution in [1.82, 2.24) is 19.2 Å². The highest BCUT2D eigenvalue weighted by atomic mass is 35.5. The fourth-order valence-corrected chi connectivity index (χ4v) is 2.18. The predicted molar refractivity (Wildman–Crippen MR) is 67.1 cm³/mol. The van der Waals surface area contributed by atoms with Gasteiger partial charge in [0.1, 0.15) is 22.6 Å². The lowest BCUT2D eigenvalue weighted by atomic mass is 10.1. The molecule has 3 heterocycles. The number of nitrogens with zero attached hydrogens (tertiary/aromatic N) is 5. The van der Waals surface area contributed by atoms with E-state index in [4.69, 9.17) is 16.9 Å². The van der Waals surface area contributed by atoms with Gasteiger partial charge < -0.3 is 0 Å². The zero-order valence-corrected chi connectivity index (χ0v) is 10.3. The van der Waals surface area contributed by atoms with Crippen LogP contribution in [-0.2, 0) is 7.05 Å². The minimum absolute atomic E-state index is 0.424. The molecule has 5 nitrogen and oxygen atoms in total. The van der Waals surface area contributed by atoms with Crippen molar-refractivity contribution in [3.05, 3.63) is 41.6 Å². The highest BCUT2D eigenvalue weighted by Gasteiger charge is 2.10. The maximum absolute atomic E-state index is 8.96. The van der Waals surface area contributed by atoms with E-state index >= 15 is 0 Å². The first kappa shape index (κ1) is 10.8. The molecular weight excluding hydrogens is 250 g/mol. The summed E-state index contributed by atoms with van der Waals surface area (Å²) < 4.78 is 3.33. The van der Waals surface area contributed by atoms with Crippen LogP contribution in [0.4, 0.5) is 0 Å². The Morgan fingerprint density at radius 1 is 1.28 bits per heavy atom. The summed E-state index contributed by atoms with van der Waals surface area (Å²) in [6.07, 6.45) is 5.17. The number of hydrogen-bond acceptors (Lipinski definition) is 3. The number of aryl methyl sites for hydroxylation is 1. The second kappa shape index (κ2) is 3.86. The van der Waals surface area contributed by atoms with Crippen molar-refractivity contribution >= 4 is 17.2 Å². The van der Waals surface area contributed by atoms with Crippen LogP contribution in [0.5, 0.6) is 0 Å². The number of hydrogen-bond donors (Lipinski definition) is 0. The van der Waals surface area contributed by atoms with E-state index in [1.807, 2.05) is 19.3 Å². The molecule has 0 radical (unpaired) electrons. The van der Waals surface area contributed by atoms with Crippen molar-refractivity contribution in [3.63, 3.8) is 0 Å². The van der Waals surface area contributed by atoms with E-state index in [0.29, 0.717) is 16.5 Å². The molecule has 18 heavy (non-hydrogen) atoms. The van der Waals surface area contributed by atoms with Gasteiger partial charge in [-0.2, -0.15) is 10.4 Å². The van der Waals surface area contributed by atoms with E-state index < -0.39 is 0 Å². The standard InChI is InChI=1S/C12H8ClN5/c1-17-7-9(5-16-17)8-2-11(13)18-10(4-14)6-15-12(18)3-8/h2-3,5-7H,1H3. The van der Waals surface area contributed by atoms with Crippen LogP contribution >= 0.6 is 11.6 Å². The van der Waals surface area contributed by atoms with E-state index in [2.05, 4.69) is 16.2 Å². The van der Waals surface area contributed by atoms with Gasteiger partial charge in [-0.25, -0.2) is 4.98 Å². The van der Waals surface area contributed by atoms with Crippen molar-refractivity contribution in [2.75, 3.05) is 0 Å². The van der Waals surface area contributed by atoms with E-state index in [1.54, 1.807) is 21.3 Å². The molecule has 0 spiro atoms. The average Bonchev–Trinajstić information content (AvgIpc) is 2.95. The second-order valence-electron chi connectivity index (χ2n) is 3.92. The van der Waals surface area contributed by atoms with E-state index in [9.17, 15) is 0 Å². The summed E-state index contributed by atoms with van der Waals surface area (Å²) in [5, 5.41) is 13.5. The lowest BCUT2D eigenvalue weighted by molar-refractivity contribution is 0.768. The van der Waals surface area contributed by atoms with Crippen molar-refractivity contribution < 1.29 is 0 Å². The Morgan fingerprint density at radius 2 is 2.11 bits per heavy atom. The molecule has 0 amide bonds. The van der Waals surface area contributed by atoms with Crippen LogP contribution in [0.1, 0.15) is 5.69 Å². The number of nitriles is 1. The smallest absolute Gasteiger partial charge is 0.145 e. The summed E-state index contributed by atoms with van der Waals surface area (Å²) in [6.45, 7) is 0. The Hall–Kier alpha value is -2.32. The fraction of sp³-hybridized carbons (Fsp3) is 0.0833. The van der Waals surface area contributed by atoms with E-state index in [0.717, 1.165) is 11.1 Å². The van der Waals surface area contributed by atoms with Gasteiger partial charge in [0.15, 0.2) is 0 Å². The number of halogens is 1. The molecule has 0 saturated carbocycles. The van der Waals surface area contributed by atoms with Crippen LogP contribution in [0, 0.1) is 11.3 Å². The van der Waals surface area contributed by atoms with E-state index in [-0.39, 0.29) is 0 Å². The summed E-state index contributed by atoms with van der Waals surface area (Å²) in [4.78, 5) is 4.17. The molecule has 3 aromatic heterocycles. The van der Waals surface area contributed by atoms with Gasteiger partial charge in [0.25, 0.3) is 0 Å². The van der Waals surface area contributed by atoms with Gasteiger partial charge in [0, 0.05) is 18.8 Å². The Balaban J connectivity index is 2.26. The van der Waals surface area contributed by atoms with Crippen LogP contribution in [0.3, 0.4) is 0 Å². The van der Waals surface area contributed by atoms with Crippen molar-refractivity contribution in [3.8, 4) is 17.2 Å². The summed E-state index contributed by atoms with van der Waals surface area (Å²) in [6, 6.07) is 5.73. The maximum atomic E-state index is 8.96. The Labute approximate surface area is 108 Å². The lowest BCUT2D eigenvalue weighted by Gasteiger charge is -2.02. The van der Waals surface area contributed by atoms with Crippen molar-refractivity contribution in [2.45, 2.75) is 0 Å². The molecule has 0 bridgehead atoms. The highest BCUT2D eigenvalue weighted by molar-refractivity contribution is 6.30. The minimum atomic E-state index is 0.424. The topological polar surface area (TPSA) is 58.9 Å². The Morgan fingerprint density at radius 3 is 2.78 bits per heavy atom. The Bertz CT molecular complexity index is 777. The molecule has 3 rings (SSSR count). The number of pyridine rings is 1. The normalized spacial score (nSPS) is 10.7. The average molecular weight is 258 g/mol. The fourth-order valence-electron chi connectivity index (χ4n) is 1.88. The largest absolute Gasteiger partial charge is 0.275 e. The maximum Gasteiger partial charge on any atom is 0.145 e. The van der Waals surface area contributed by atoms with E-state index in [1.165, 1.54) is 6.20 Å². The van der Waals surface area contributed by atoms with Crippen molar-refractivity contribution in [2.24, 2.45) is 7.05 Å². The van der Waals surface area contributed by atoms with Gasteiger partial charge in [-0.1, -0.05) is 11.6 Å². The molecular formula is C12H8ClN5. The number of fused-ring (bicyclic) bond motifs is 1. The zero-order valence-electron chi connectivity index (χ0n) is 9.50. The molecule has 0 unspecified atom stereocenters. The molecule has 3 aromatic rings. The summed E-state index contributed by atoms with van der Waals surface area (Å²) >= 11 is 6.19. The molecule has 0 atom stereocenters. The third-order valence-electron chi connectivity index (χ3n) is 2.71. The van der Waals surface area contributed by atoms with Gasteiger partial charge in [0.05, 0.1) is 12.4 Å². The van der Waals surface area contributed by atoms with Gasteiger partial charge in [-0.05, 0) is 17.7 Å². The molecule has 0 aliphatic heterocycles. The molecule has 0 saturated heterocycles. The summed E-state index contributed by atoms with van der Waals surface area (Å²) in [7, 11) is 1.85. The predicted octanol–water partition coefficient (Wildman–Crippen LogP) is 2.26. The highest BCUT2D eigenvalue weighted by Crippen LogP contribution is 2.25. The van der Waals surface area contributed by atoms with Crippen LogP contribution in [-0.4, -0.2) is 19.2 Å². The molecule has 0 N–H and O–H groups in total. The quantitative estimate of drug-likeness (QED) is 0.628. The number of imidazole rings is 1. The van der Waals surface area contributed by atoms with Gasteiger partial charge in [-0.15, -0.1) is 0 Å². The first-order valence-corrected chi connectivity index (χ1v) is 5.63. The van der Waals surface area contributed by atoms with Crippen LogP contribution in [0.2, 0.25) is 5.15 Å². The third kappa shape index (κ3) is 1.55. The molecule has 0 aliphatic rings. The van der Waals surface area contributed by atoms with Crippen LogP contribution < -0.4 is 0 Å². The molecule has 0 aromatic carbocycles. The first-order chi connectivity index (χ1) is 8.69. The molecule has 6 heteroatoms. The first-order valence-electron chi connectivity index (χ1n) is 5.25. The molecule has 0 fully saturated rings. The number of aromatic nitrogens is 4. The summed E-state index contributed by atoms with van der Waals surface area (Å²) in [5.74, 6) is 0. The second-order valence-corrected chi connectivity index (χ2v) is 4.31. The molecule has 0 aliphatic carbocycles. The molecule has 88 valence electrons. The monoisotopic (exact) mass is 257 g/mol. The van der Waals surface area contributed by atoms with Crippen LogP contribution in [0.15, 0.2) is 30.7 Å². The SMILES string of the molecule is Cn1cc(-c2cc(Cl)n3c(C#N)cnc3c2)cn1. The zero-order chi connectivity index (χ0) is 12.7. The third-order valence-corrected chi connectivity index (χ3v) is 2.99.